The van der Waals surface area contributed by atoms with Crippen molar-refractivity contribution < 1.29 is 74.5 Å². The van der Waals surface area contributed by atoms with Crippen LogP contribution in [-0.2, 0) is 28.5 Å². The molecule has 9 N–H and O–H groups in total. The molecular weight excluding hydrogens is 528 g/mol. The van der Waals surface area contributed by atoms with E-state index in [-0.39, 0.29) is 28.4 Å². The van der Waals surface area contributed by atoms with Gasteiger partial charge in [-0.3, -0.25) is 9.59 Å². The first-order chi connectivity index (χ1) is 18.3. The number of benzene rings is 1. The number of esters is 1. The number of ether oxygens (including phenoxy) is 4. The van der Waals surface area contributed by atoms with Gasteiger partial charge in [0, 0.05) is 23.3 Å². The summed E-state index contributed by atoms with van der Waals surface area (Å²) in [6.07, 6.45) is -7.41. The summed E-state index contributed by atoms with van der Waals surface area (Å²) in [6.45, 7) is -0.713. The van der Waals surface area contributed by atoms with Crippen LogP contribution in [0.15, 0.2) is 53.2 Å². The van der Waals surface area contributed by atoms with Gasteiger partial charge in [-0.25, -0.2) is 0 Å². The summed E-state index contributed by atoms with van der Waals surface area (Å²) < 4.78 is 21.8. The Morgan fingerprint density at radius 1 is 0.923 bits per heavy atom. The van der Waals surface area contributed by atoms with Crippen LogP contribution >= 0.6 is 0 Å². The summed E-state index contributed by atoms with van der Waals surface area (Å²) in [5, 5.41) is 89.6. The minimum absolute atomic E-state index is 0.0694. The average Bonchev–Trinajstić information content (AvgIpc) is 2.86. The first-order valence-corrected chi connectivity index (χ1v) is 11.3. The molecule has 4 rings (SSSR count). The standard InChI is InChI=1S/C24H24O15/c25-9-3-11(26)10-5-15(23(37-14(10)4-9)8-1-12(27)19(32)13(28)2-8)38-24-22(35)21(34)20(33)16(39-24)7-36-18(31)6-17(29)30/h1-5,14,16,20-22,24-28,32-35H,6-7H2,(H,29,30). The van der Waals surface area contributed by atoms with Gasteiger partial charge in [0.1, 0.15) is 55.1 Å². The van der Waals surface area contributed by atoms with Crippen LogP contribution in [0.3, 0.4) is 0 Å². The van der Waals surface area contributed by atoms with Gasteiger partial charge < -0.3 is 64.9 Å². The Balaban J connectivity index is 1.68. The molecule has 210 valence electrons. The first-order valence-electron chi connectivity index (χ1n) is 11.3. The molecule has 0 saturated carbocycles. The SMILES string of the molecule is O=C(O)CC(=O)OCC1OC(OC2=C(c3cc(O)c(O)c(O)c3)OC3C=C(O)C=C(O)C3=C2)C(O)C(O)C1O. The predicted octanol–water partition coefficient (Wildman–Crippen LogP) is -0.463. The number of phenols is 3. The van der Waals surface area contributed by atoms with Crippen LogP contribution in [0.1, 0.15) is 12.0 Å². The second-order valence-corrected chi connectivity index (χ2v) is 8.70. The Morgan fingerprint density at radius 3 is 2.23 bits per heavy atom. The molecule has 0 radical (unpaired) electrons. The first kappa shape index (κ1) is 27.6. The number of hydrogen-bond acceptors (Lipinski definition) is 14. The van der Waals surface area contributed by atoms with Gasteiger partial charge in [0.05, 0.1) is 0 Å². The van der Waals surface area contributed by atoms with E-state index >= 15 is 0 Å². The normalized spacial score (nSPS) is 28.3. The molecule has 1 fully saturated rings. The van der Waals surface area contributed by atoms with Crippen molar-refractivity contribution >= 4 is 17.7 Å². The van der Waals surface area contributed by atoms with Gasteiger partial charge in [-0.15, -0.1) is 0 Å². The Labute approximate surface area is 218 Å². The van der Waals surface area contributed by atoms with Gasteiger partial charge in [-0.2, -0.15) is 0 Å². The number of fused-ring (bicyclic) bond motifs is 1. The third-order valence-corrected chi connectivity index (χ3v) is 5.91. The Morgan fingerprint density at radius 2 is 1.59 bits per heavy atom. The number of rotatable bonds is 7. The Kier molecular flexibility index (Phi) is 7.60. The third kappa shape index (κ3) is 5.70. The Hall–Kier alpha value is -4.44. The number of carbonyl (C=O) groups excluding carboxylic acids is 1. The summed E-state index contributed by atoms with van der Waals surface area (Å²) in [4.78, 5) is 22.3. The lowest BCUT2D eigenvalue weighted by atomic mass is 9.96. The van der Waals surface area contributed by atoms with Crippen molar-refractivity contribution in [3.05, 3.63) is 58.8 Å². The number of phenolic OH excluding ortho intramolecular Hbond substituents is 3. The summed E-state index contributed by atoms with van der Waals surface area (Å²) >= 11 is 0. The van der Waals surface area contributed by atoms with Crippen LogP contribution in [0.25, 0.3) is 5.76 Å². The molecular formula is C24H24O15. The van der Waals surface area contributed by atoms with Gasteiger partial charge in [0.25, 0.3) is 0 Å². The molecule has 1 aliphatic carbocycles. The molecule has 0 amide bonds. The molecule has 0 spiro atoms. The van der Waals surface area contributed by atoms with E-state index in [0.29, 0.717) is 0 Å². The maximum atomic E-state index is 11.6. The number of carbonyl (C=O) groups is 2. The number of carboxylic acid groups (broad SMARTS) is 1. The fraction of sp³-hybridized carbons (Fsp3) is 0.333. The molecule has 2 heterocycles. The van der Waals surface area contributed by atoms with Gasteiger partial charge in [-0.05, 0) is 18.2 Å². The van der Waals surface area contributed by atoms with Crippen LogP contribution in [0, 0.1) is 0 Å². The minimum atomic E-state index is -1.89. The quantitative estimate of drug-likeness (QED) is 0.118. The van der Waals surface area contributed by atoms with Crippen molar-refractivity contribution in [1.29, 1.82) is 0 Å². The largest absolute Gasteiger partial charge is 0.508 e. The van der Waals surface area contributed by atoms with Crippen LogP contribution in [0.4, 0.5) is 0 Å². The van der Waals surface area contributed by atoms with Crippen LogP contribution in [0.2, 0.25) is 0 Å². The zero-order valence-corrected chi connectivity index (χ0v) is 19.7. The minimum Gasteiger partial charge on any atom is -0.508 e. The van der Waals surface area contributed by atoms with Gasteiger partial charge in [0.15, 0.2) is 28.8 Å². The van der Waals surface area contributed by atoms with Crippen molar-refractivity contribution in [2.75, 3.05) is 6.61 Å². The number of aliphatic hydroxyl groups excluding tert-OH is 5. The molecule has 2 aliphatic heterocycles. The van der Waals surface area contributed by atoms with Crippen LogP contribution in [0.5, 0.6) is 17.2 Å². The molecule has 39 heavy (non-hydrogen) atoms. The van der Waals surface area contributed by atoms with E-state index in [0.717, 1.165) is 18.2 Å². The fourth-order valence-electron chi connectivity index (χ4n) is 3.97. The third-order valence-electron chi connectivity index (χ3n) is 5.91. The molecule has 1 aromatic carbocycles. The van der Waals surface area contributed by atoms with E-state index in [1.807, 2.05) is 0 Å². The Bertz CT molecular complexity index is 1270. The fourth-order valence-corrected chi connectivity index (χ4v) is 3.97. The number of carboxylic acids is 1. The molecule has 3 aliphatic rings. The molecule has 0 aromatic heterocycles. The van der Waals surface area contributed by atoms with Crippen molar-refractivity contribution in [3.63, 3.8) is 0 Å². The maximum absolute atomic E-state index is 11.6. The summed E-state index contributed by atoms with van der Waals surface area (Å²) in [6, 6.07) is 1.99. The van der Waals surface area contributed by atoms with E-state index in [1.165, 1.54) is 12.2 Å². The lowest BCUT2D eigenvalue weighted by Crippen LogP contribution is -2.59. The monoisotopic (exact) mass is 552 g/mol. The molecule has 1 aromatic rings. The summed E-state index contributed by atoms with van der Waals surface area (Å²) in [5.41, 5.74) is 0.00358. The molecule has 1 saturated heterocycles. The number of allylic oxidation sites excluding steroid dienone is 2. The van der Waals surface area contributed by atoms with Gasteiger partial charge in [-0.1, -0.05) is 0 Å². The highest BCUT2D eigenvalue weighted by Gasteiger charge is 2.46. The molecule has 15 heteroatoms. The van der Waals surface area contributed by atoms with E-state index in [2.05, 4.69) is 0 Å². The smallest absolute Gasteiger partial charge is 0.317 e. The second kappa shape index (κ2) is 10.7. The lowest BCUT2D eigenvalue weighted by molar-refractivity contribution is -0.291. The second-order valence-electron chi connectivity index (χ2n) is 8.70. The molecule has 6 unspecified atom stereocenters. The van der Waals surface area contributed by atoms with E-state index in [4.69, 9.17) is 24.1 Å². The summed E-state index contributed by atoms with van der Waals surface area (Å²) in [5.74, 6) is -6.21. The number of aromatic hydroxyl groups is 3. The number of aliphatic carboxylic acids is 1. The maximum Gasteiger partial charge on any atom is 0.317 e. The van der Waals surface area contributed by atoms with Crippen molar-refractivity contribution in [3.8, 4) is 17.2 Å². The number of aliphatic hydroxyl groups is 5. The van der Waals surface area contributed by atoms with Gasteiger partial charge >= 0.3 is 11.9 Å². The van der Waals surface area contributed by atoms with E-state index in [1.54, 1.807) is 0 Å². The summed E-state index contributed by atoms with van der Waals surface area (Å²) in [7, 11) is 0. The van der Waals surface area contributed by atoms with Crippen LogP contribution in [-0.4, -0.2) is 101 Å². The zero-order valence-electron chi connectivity index (χ0n) is 19.7. The predicted molar refractivity (Wildman–Crippen MR) is 124 cm³/mol. The number of hydrogen-bond donors (Lipinski definition) is 9. The molecule has 0 bridgehead atoms. The van der Waals surface area contributed by atoms with Crippen molar-refractivity contribution in [1.82, 2.24) is 0 Å². The highest BCUT2D eigenvalue weighted by Crippen LogP contribution is 2.42. The van der Waals surface area contributed by atoms with E-state index < -0.39 is 84.8 Å². The van der Waals surface area contributed by atoms with Crippen molar-refractivity contribution in [2.45, 2.75) is 43.2 Å². The molecule has 6 atom stereocenters. The zero-order chi connectivity index (χ0) is 28.6. The van der Waals surface area contributed by atoms with E-state index in [9.17, 15) is 50.4 Å². The highest BCUT2D eigenvalue weighted by molar-refractivity contribution is 5.90. The topological polar surface area (TPSA) is 253 Å². The van der Waals surface area contributed by atoms with Crippen LogP contribution < -0.4 is 0 Å². The van der Waals surface area contributed by atoms with Crippen molar-refractivity contribution in [2.24, 2.45) is 0 Å². The lowest BCUT2D eigenvalue weighted by Gasteiger charge is -2.40. The van der Waals surface area contributed by atoms with Gasteiger partial charge in [0.2, 0.25) is 6.29 Å². The highest BCUT2D eigenvalue weighted by atomic mass is 16.7. The average molecular weight is 552 g/mol. The molecule has 15 nitrogen and oxygen atoms in total.